The Hall–Kier alpha value is -3.29. The first-order valence-electron chi connectivity index (χ1n) is 13.4. The summed E-state index contributed by atoms with van der Waals surface area (Å²) in [4.78, 5) is 29.0. The first kappa shape index (κ1) is 28.2. The maximum Gasteiger partial charge on any atom is 0.308 e. The standard InChI is InChI=1S/C27H36N6O5SSi/c1-16(2)40(17(3)4,18(5)6)27-30-23-20(33(27)39(35,36)31(7)8)14-32(26(34)22-13-28-15-37-22)24(23)25-29-19-11-9-10-12-21(19)38-25/h9-13,15-18,24H,14H2,1-8H3. The molecule has 1 unspecified atom stereocenters. The number of imidazole rings is 1. The maximum absolute atomic E-state index is 14.1. The summed E-state index contributed by atoms with van der Waals surface area (Å²) in [6.45, 7) is 13.0. The van der Waals surface area contributed by atoms with Crippen molar-refractivity contribution in [2.45, 2.75) is 70.8 Å². The Morgan fingerprint density at radius 1 is 1.05 bits per heavy atom. The molecule has 40 heavy (non-hydrogen) atoms. The first-order chi connectivity index (χ1) is 18.8. The second kappa shape index (κ2) is 9.96. The van der Waals surface area contributed by atoms with Gasteiger partial charge in [-0.15, -0.1) is 0 Å². The van der Waals surface area contributed by atoms with E-state index in [1.54, 1.807) is 6.07 Å². The largest absolute Gasteiger partial charge is 0.438 e. The van der Waals surface area contributed by atoms with Gasteiger partial charge in [0.05, 0.1) is 24.1 Å². The molecule has 0 bridgehead atoms. The average Bonchev–Trinajstić information content (AvgIpc) is 3.65. The van der Waals surface area contributed by atoms with Crippen LogP contribution in [0.5, 0.6) is 0 Å². The van der Waals surface area contributed by atoms with Gasteiger partial charge in [0, 0.05) is 14.1 Å². The zero-order chi connectivity index (χ0) is 29.1. The predicted molar refractivity (Wildman–Crippen MR) is 153 cm³/mol. The van der Waals surface area contributed by atoms with Gasteiger partial charge in [0.1, 0.15) is 19.0 Å². The molecule has 0 radical (unpaired) electrons. The van der Waals surface area contributed by atoms with Crippen LogP contribution in [-0.4, -0.2) is 64.6 Å². The Kier molecular flexibility index (Phi) is 7.03. The molecule has 4 aromatic rings. The molecule has 1 aromatic carbocycles. The zero-order valence-electron chi connectivity index (χ0n) is 24.1. The van der Waals surface area contributed by atoms with Crippen LogP contribution < -0.4 is 5.45 Å². The number of rotatable bonds is 8. The monoisotopic (exact) mass is 584 g/mol. The summed E-state index contributed by atoms with van der Waals surface area (Å²) in [6.07, 6.45) is 2.53. The zero-order valence-corrected chi connectivity index (χ0v) is 25.9. The number of benzene rings is 1. The number of carbonyl (C=O) groups excluding carboxylic acids is 1. The van der Waals surface area contributed by atoms with E-state index in [1.807, 2.05) is 18.2 Å². The molecule has 13 heteroatoms. The van der Waals surface area contributed by atoms with E-state index in [4.69, 9.17) is 18.8 Å². The lowest BCUT2D eigenvalue weighted by Gasteiger charge is -2.42. The smallest absolute Gasteiger partial charge is 0.308 e. The van der Waals surface area contributed by atoms with E-state index in [9.17, 15) is 13.2 Å². The molecule has 1 atom stereocenters. The number of fused-ring (bicyclic) bond motifs is 2. The fourth-order valence-electron chi connectivity index (χ4n) is 6.59. The number of oxazole rings is 2. The van der Waals surface area contributed by atoms with E-state index in [0.29, 0.717) is 27.9 Å². The molecule has 4 heterocycles. The Morgan fingerprint density at radius 2 is 1.70 bits per heavy atom. The van der Waals surface area contributed by atoms with Gasteiger partial charge in [0.15, 0.2) is 18.0 Å². The van der Waals surface area contributed by atoms with Gasteiger partial charge < -0.3 is 13.7 Å². The molecule has 3 aromatic heterocycles. The lowest BCUT2D eigenvalue weighted by Crippen LogP contribution is -2.61. The van der Waals surface area contributed by atoms with E-state index < -0.39 is 30.2 Å². The van der Waals surface area contributed by atoms with Crippen LogP contribution in [0.3, 0.4) is 0 Å². The highest BCUT2D eigenvalue weighted by molar-refractivity contribution is 7.87. The minimum absolute atomic E-state index is 0.0168. The summed E-state index contributed by atoms with van der Waals surface area (Å²) in [5.74, 6) is -0.167. The Labute approximate surface area is 235 Å². The molecule has 214 valence electrons. The van der Waals surface area contributed by atoms with Gasteiger partial charge in [-0.05, 0) is 28.8 Å². The first-order valence-corrected chi connectivity index (χ1v) is 17.1. The third-order valence-electron chi connectivity index (χ3n) is 8.24. The quantitative estimate of drug-likeness (QED) is 0.281. The van der Waals surface area contributed by atoms with Crippen molar-refractivity contribution in [2.75, 3.05) is 14.1 Å². The van der Waals surface area contributed by atoms with Crippen molar-refractivity contribution in [1.82, 2.24) is 28.1 Å². The highest BCUT2D eigenvalue weighted by Crippen LogP contribution is 2.45. The van der Waals surface area contributed by atoms with Crippen molar-refractivity contribution in [1.29, 1.82) is 0 Å². The van der Waals surface area contributed by atoms with Crippen LogP contribution >= 0.6 is 0 Å². The molecule has 0 saturated heterocycles. The number of amides is 1. The summed E-state index contributed by atoms with van der Waals surface area (Å²) in [5, 5.41) is 0. The fraction of sp³-hybridized carbons (Fsp3) is 0.481. The van der Waals surface area contributed by atoms with Gasteiger partial charge in [0.25, 0.3) is 5.91 Å². The molecule has 0 fully saturated rings. The SMILES string of the molecule is CC(C)[Si](c1nc2c(n1S(=O)(=O)N(C)C)CN(C(=O)c1cnco1)C2c1nc2ccccc2o1)(C(C)C)C(C)C. The number of carbonyl (C=O) groups is 1. The number of para-hydroxylation sites is 2. The Balaban J connectivity index is 1.83. The summed E-state index contributed by atoms with van der Waals surface area (Å²) in [5.41, 5.74) is 3.27. The lowest BCUT2D eigenvalue weighted by atomic mass is 10.2. The van der Waals surface area contributed by atoms with Crippen molar-refractivity contribution in [2.24, 2.45) is 0 Å². The van der Waals surface area contributed by atoms with Gasteiger partial charge in [-0.3, -0.25) is 4.79 Å². The highest BCUT2D eigenvalue weighted by atomic mass is 32.2. The van der Waals surface area contributed by atoms with E-state index in [0.717, 1.165) is 0 Å². The highest BCUT2D eigenvalue weighted by Gasteiger charge is 2.53. The van der Waals surface area contributed by atoms with Crippen molar-refractivity contribution in [3.05, 3.63) is 59.9 Å². The normalized spacial score (nSPS) is 16.3. The molecule has 0 N–H and O–H groups in total. The van der Waals surface area contributed by atoms with E-state index >= 15 is 0 Å². The molecular weight excluding hydrogens is 548 g/mol. The minimum Gasteiger partial charge on any atom is -0.438 e. The van der Waals surface area contributed by atoms with Gasteiger partial charge >= 0.3 is 10.2 Å². The molecule has 0 saturated carbocycles. The van der Waals surface area contributed by atoms with E-state index in [1.165, 1.54) is 39.9 Å². The molecule has 1 aliphatic heterocycles. The lowest BCUT2D eigenvalue weighted by molar-refractivity contribution is 0.0663. The van der Waals surface area contributed by atoms with Crippen LogP contribution in [0.15, 0.2) is 45.7 Å². The molecule has 0 aliphatic carbocycles. The number of aromatic nitrogens is 4. The van der Waals surface area contributed by atoms with Crippen LogP contribution in [0, 0.1) is 0 Å². The third-order valence-corrected chi connectivity index (χ3v) is 17.0. The van der Waals surface area contributed by atoms with Crippen LogP contribution in [0.25, 0.3) is 11.1 Å². The third kappa shape index (κ3) is 4.05. The molecule has 1 aliphatic rings. The Morgan fingerprint density at radius 3 is 2.25 bits per heavy atom. The second-order valence-corrected chi connectivity index (χ2v) is 19.2. The van der Waals surface area contributed by atoms with Crippen molar-refractivity contribution < 1.29 is 22.0 Å². The molecule has 5 rings (SSSR count). The topological polar surface area (TPSA) is 128 Å². The fourth-order valence-corrected chi connectivity index (χ4v) is 14.8. The van der Waals surface area contributed by atoms with Crippen LogP contribution in [0.2, 0.25) is 16.6 Å². The predicted octanol–water partition coefficient (Wildman–Crippen LogP) is 4.30. The van der Waals surface area contributed by atoms with Crippen molar-refractivity contribution in [3.8, 4) is 0 Å². The summed E-state index contributed by atoms with van der Waals surface area (Å²) >= 11 is 0. The summed E-state index contributed by atoms with van der Waals surface area (Å²) in [6, 6.07) is 6.49. The molecule has 1 amide bonds. The maximum atomic E-state index is 14.1. The minimum atomic E-state index is -4.01. The number of hydrogen-bond donors (Lipinski definition) is 0. The van der Waals surface area contributed by atoms with Gasteiger partial charge in [-0.2, -0.15) is 12.7 Å². The van der Waals surface area contributed by atoms with Crippen molar-refractivity contribution in [3.63, 3.8) is 0 Å². The number of nitrogens with zero attached hydrogens (tertiary/aromatic N) is 6. The van der Waals surface area contributed by atoms with E-state index in [-0.39, 0.29) is 34.8 Å². The molecule has 0 spiro atoms. The number of hydrogen-bond acceptors (Lipinski definition) is 8. The van der Waals surface area contributed by atoms with Crippen LogP contribution in [0.4, 0.5) is 0 Å². The Bertz CT molecular complexity index is 1600. The molecular formula is C27H36N6O5SSi. The second-order valence-electron chi connectivity index (χ2n) is 11.4. The molecule has 11 nitrogen and oxygen atoms in total. The van der Waals surface area contributed by atoms with E-state index in [2.05, 4.69) is 46.5 Å². The van der Waals surface area contributed by atoms with Crippen molar-refractivity contribution >= 4 is 40.7 Å². The van der Waals surface area contributed by atoms with Gasteiger partial charge in [0.2, 0.25) is 11.7 Å². The summed E-state index contributed by atoms with van der Waals surface area (Å²) < 4.78 is 42.3. The average molecular weight is 585 g/mol. The van der Waals surface area contributed by atoms with Crippen LogP contribution in [-0.2, 0) is 16.8 Å². The van der Waals surface area contributed by atoms with Crippen LogP contribution in [0.1, 0.15) is 75.4 Å². The van der Waals surface area contributed by atoms with Gasteiger partial charge in [-0.25, -0.2) is 18.9 Å². The summed E-state index contributed by atoms with van der Waals surface area (Å²) in [7, 11) is -3.58. The van der Waals surface area contributed by atoms with Gasteiger partial charge in [-0.1, -0.05) is 53.7 Å².